The van der Waals surface area contributed by atoms with E-state index in [4.69, 9.17) is 0 Å². The Morgan fingerprint density at radius 1 is 1.15 bits per heavy atom. The third-order valence-corrected chi connectivity index (χ3v) is 6.37. The van der Waals surface area contributed by atoms with Gasteiger partial charge in [0.1, 0.15) is 6.61 Å². The highest BCUT2D eigenvalue weighted by molar-refractivity contribution is 7.08. The third-order valence-electron chi connectivity index (χ3n) is 5.69. The first-order chi connectivity index (χ1) is 12.6. The standard InChI is InChI=1S/C20H22N2O3S/c23-12-19(25)22-14-20(16-3-1-2-4-17(16)22)6-8-21(9-7-20)11-18(24)15-5-10-26-13-15/h1-5,10,13,23H,6-9,11-12,14H2. The number of fused-ring (bicyclic) bond motifs is 2. The van der Waals surface area contributed by atoms with Crippen molar-refractivity contribution in [1.82, 2.24) is 4.90 Å². The Bertz CT molecular complexity index is 810. The lowest BCUT2D eigenvalue weighted by Crippen LogP contribution is -2.47. The maximum absolute atomic E-state index is 12.3. The lowest BCUT2D eigenvalue weighted by atomic mass is 9.74. The molecule has 1 fully saturated rings. The predicted molar refractivity (Wildman–Crippen MR) is 102 cm³/mol. The first-order valence-corrected chi connectivity index (χ1v) is 9.86. The summed E-state index contributed by atoms with van der Waals surface area (Å²) in [5.41, 5.74) is 2.85. The van der Waals surface area contributed by atoms with Crippen molar-refractivity contribution in [2.24, 2.45) is 0 Å². The van der Waals surface area contributed by atoms with Crippen LogP contribution in [0.2, 0.25) is 0 Å². The molecule has 0 radical (unpaired) electrons. The van der Waals surface area contributed by atoms with Gasteiger partial charge in [0.2, 0.25) is 0 Å². The zero-order valence-electron chi connectivity index (χ0n) is 14.6. The Morgan fingerprint density at radius 2 is 1.92 bits per heavy atom. The highest BCUT2D eigenvalue weighted by Crippen LogP contribution is 2.46. The number of ketones is 1. The van der Waals surface area contributed by atoms with Gasteiger partial charge in [0.25, 0.3) is 5.91 Å². The summed E-state index contributed by atoms with van der Waals surface area (Å²) in [4.78, 5) is 28.5. The molecule has 4 rings (SSSR count). The van der Waals surface area contributed by atoms with E-state index in [1.807, 2.05) is 35.0 Å². The molecule has 0 bridgehead atoms. The molecule has 1 aromatic heterocycles. The summed E-state index contributed by atoms with van der Waals surface area (Å²) in [6, 6.07) is 9.89. The molecule has 3 heterocycles. The normalized spacial score (nSPS) is 18.9. The van der Waals surface area contributed by atoms with Crippen molar-refractivity contribution in [1.29, 1.82) is 0 Å². The second kappa shape index (κ2) is 6.95. The zero-order chi connectivity index (χ0) is 18.1. The molecule has 1 saturated heterocycles. The number of benzene rings is 1. The minimum absolute atomic E-state index is 0.0661. The molecule has 2 aliphatic heterocycles. The van der Waals surface area contributed by atoms with Crippen molar-refractivity contribution in [3.8, 4) is 0 Å². The molecule has 1 N–H and O–H groups in total. The van der Waals surface area contributed by atoms with Crippen LogP contribution in [0.1, 0.15) is 28.8 Å². The number of aliphatic hydroxyl groups is 1. The SMILES string of the molecule is O=C(CN1CCC2(CC1)CN(C(=O)CO)c1ccccc12)c1ccsc1. The van der Waals surface area contributed by atoms with Crippen LogP contribution in [0.15, 0.2) is 41.1 Å². The van der Waals surface area contributed by atoms with Crippen molar-refractivity contribution < 1.29 is 14.7 Å². The molecule has 26 heavy (non-hydrogen) atoms. The molecule has 1 amide bonds. The van der Waals surface area contributed by atoms with Gasteiger partial charge in [-0.2, -0.15) is 11.3 Å². The van der Waals surface area contributed by atoms with Crippen LogP contribution < -0.4 is 4.90 Å². The Labute approximate surface area is 156 Å². The molecule has 0 saturated carbocycles. The minimum Gasteiger partial charge on any atom is -0.387 e. The van der Waals surface area contributed by atoms with E-state index < -0.39 is 6.61 Å². The highest BCUT2D eigenvalue weighted by atomic mass is 32.1. The van der Waals surface area contributed by atoms with Crippen LogP contribution in [0, 0.1) is 0 Å². The number of rotatable bonds is 4. The molecule has 5 nitrogen and oxygen atoms in total. The number of hydrogen-bond acceptors (Lipinski definition) is 5. The third kappa shape index (κ3) is 2.98. The number of anilines is 1. The van der Waals surface area contributed by atoms with Gasteiger partial charge in [-0.15, -0.1) is 0 Å². The molecule has 1 spiro atoms. The number of hydrogen-bond donors (Lipinski definition) is 1. The molecule has 0 unspecified atom stereocenters. The van der Waals surface area contributed by atoms with Gasteiger partial charge in [-0.05, 0) is 49.0 Å². The second-order valence-electron chi connectivity index (χ2n) is 7.15. The number of carbonyl (C=O) groups excluding carboxylic acids is 2. The van der Waals surface area contributed by atoms with Crippen LogP contribution in [0.5, 0.6) is 0 Å². The van der Waals surface area contributed by atoms with E-state index in [0.29, 0.717) is 13.1 Å². The van der Waals surface area contributed by atoms with Crippen molar-refractivity contribution >= 4 is 28.7 Å². The Kier molecular flexibility index (Phi) is 4.65. The maximum atomic E-state index is 12.3. The molecule has 0 atom stereocenters. The lowest BCUT2D eigenvalue weighted by Gasteiger charge is -2.39. The van der Waals surface area contributed by atoms with Crippen molar-refractivity contribution in [3.05, 3.63) is 52.2 Å². The van der Waals surface area contributed by atoms with Crippen LogP contribution in [0.4, 0.5) is 5.69 Å². The number of aliphatic hydroxyl groups excluding tert-OH is 1. The summed E-state index contributed by atoms with van der Waals surface area (Å²) in [5.74, 6) is -0.0736. The molecule has 2 aromatic rings. The van der Waals surface area contributed by atoms with Gasteiger partial charge in [0.15, 0.2) is 5.78 Å². The van der Waals surface area contributed by atoms with Crippen LogP contribution in [0.25, 0.3) is 0 Å². The number of thiophene rings is 1. The molecule has 1 aromatic carbocycles. The van der Waals surface area contributed by atoms with E-state index in [9.17, 15) is 14.7 Å². The van der Waals surface area contributed by atoms with Gasteiger partial charge in [-0.3, -0.25) is 14.5 Å². The number of amides is 1. The molecule has 136 valence electrons. The first kappa shape index (κ1) is 17.4. The van der Waals surface area contributed by atoms with E-state index >= 15 is 0 Å². The summed E-state index contributed by atoms with van der Waals surface area (Å²) in [5, 5.41) is 13.1. The van der Waals surface area contributed by atoms with Gasteiger partial charge in [0.05, 0.1) is 6.54 Å². The van der Waals surface area contributed by atoms with Gasteiger partial charge >= 0.3 is 0 Å². The van der Waals surface area contributed by atoms with E-state index in [1.165, 1.54) is 5.56 Å². The number of para-hydroxylation sites is 1. The molecular formula is C20H22N2O3S. The molecule has 6 heteroatoms. The fraction of sp³-hybridized carbons (Fsp3) is 0.400. The van der Waals surface area contributed by atoms with E-state index in [2.05, 4.69) is 11.0 Å². The minimum atomic E-state index is -0.467. The van der Waals surface area contributed by atoms with Gasteiger partial charge in [-0.25, -0.2) is 0 Å². The summed E-state index contributed by atoms with van der Waals surface area (Å²) in [6.45, 7) is 2.29. The molecule has 2 aliphatic rings. The Morgan fingerprint density at radius 3 is 2.62 bits per heavy atom. The lowest BCUT2D eigenvalue weighted by molar-refractivity contribution is -0.121. The first-order valence-electron chi connectivity index (χ1n) is 8.91. The Hall–Kier alpha value is -2.02. The molecule has 0 aliphatic carbocycles. The number of carbonyl (C=O) groups is 2. The number of nitrogens with zero attached hydrogens (tertiary/aromatic N) is 2. The smallest absolute Gasteiger partial charge is 0.252 e. The van der Waals surface area contributed by atoms with Crippen molar-refractivity contribution in [2.45, 2.75) is 18.3 Å². The number of piperidine rings is 1. The summed E-state index contributed by atoms with van der Waals surface area (Å²) in [6.07, 6.45) is 1.83. The topological polar surface area (TPSA) is 60.9 Å². The van der Waals surface area contributed by atoms with E-state index in [0.717, 1.165) is 37.2 Å². The van der Waals surface area contributed by atoms with Gasteiger partial charge < -0.3 is 10.0 Å². The van der Waals surface area contributed by atoms with Crippen LogP contribution >= 0.6 is 11.3 Å². The van der Waals surface area contributed by atoms with E-state index in [-0.39, 0.29) is 17.1 Å². The average Bonchev–Trinajstić information content (AvgIpc) is 3.31. The van der Waals surface area contributed by atoms with Crippen LogP contribution in [-0.2, 0) is 10.2 Å². The monoisotopic (exact) mass is 370 g/mol. The van der Waals surface area contributed by atoms with Crippen LogP contribution in [0.3, 0.4) is 0 Å². The van der Waals surface area contributed by atoms with Crippen molar-refractivity contribution in [2.75, 3.05) is 37.7 Å². The Balaban J connectivity index is 1.48. The quantitative estimate of drug-likeness (QED) is 0.839. The largest absolute Gasteiger partial charge is 0.387 e. The van der Waals surface area contributed by atoms with Gasteiger partial charge in [0, 0.05) is 28.6 Å². The highest BCUT2D eigenvalue weighted by Gasteiger charge is 2.46. The summed E-state index contributed by atoms with van der Waals surface area (Å²) >= 11 is 1.55. The van der Waals surface area contributed by atoms with Crippen molar-refractivity contribution in [3.63, 3.8) is 0 Å². The fourth-order valence-electron chi connectivity index (χ4n) is 4.22. The second-order valence-corrected chi connectivity index (χ2v) is 7.93. The summed E-state index contributed by atoms with van der Waals surface area (Å²) in [7, 11) is 0. The fourth-order valence-corrected chi connectivity index (χ4v) is 4.88. The van der Waals surface area contributed by atoms with E-state index in [1.54, 1.807) is 16.2 Å². The predicted octanol–water partition coefficient (Wildman–Crippen LogP) is 2.30. The number of likely N-dealkylation sites (tertiary alicyclic amines) is 1. The number of Topliss-reactive ketones (excluding diaryl/α,β-unsaturated/α-hetero) is 1. The summed E-state index contributed by atoms with van der Waals surface area (Å²) < 4.78 is 0. The van der Waals surface area contributed by atoms with Crippen LogP contribution in [-0.4, -0.2) is 54.5 Å². The maximum Gasteiger partial charge on any atom is 0.252 e. The zero-order valence-corrected chi connectivity index (χ0v) is 15.4. The molecular weight excluding hydrogens is 348 g/mol. The van der Waals surface area contributed by atoms with Gasteiger partial charge in [-0.1, -0.05) is 18.2 Å². The average molecular weight is 370 g/mol.